The largest absolute Gasteiger partial charge is 0.307 e. The van der Waals surface area contributed by atoms with Crippen molar-refractivity contribution in [2.75, 3.05) is 0 Å². The molecule has 0 saturated carbocycles. The van der Waals surface area contributed by atoms with Gasteiger partial charge in [0.2, 0.25) is 0 Å². The summed E-state index contributed by atoms with van der Waals surface area (Å²) in [7, 11) is 0. The average Bonchev–Trinajstić information content (AvgIpc) is 1.00. The van der Waals surface area contributed by atoms with E-state index < -0.39 is 0 Å². The van der Waals surface area contributed by atoms with E-state index in [2.05, 4.69) is 0 Å². The van der Waals surface area contributed by atoms with E-state index in [9.17, 15) is 0 Å². The Labute approximate surface area is 157 Å². The van der Waals surface area contributed by atoms with Gasteiger partial charge >= 0.3 is 0 Å². The molecule has 20 valence electrons. The molecule has 0 spiro atoms. The van der Waals surface area contributed by atoms with E-state index in [-0.39, 0.29) is 151 Å². The monoisotopic (exact) mass is 190 g/mol. The van der Waals surface area contributed by atoms with Crippen LogP contribution in [0.3, 0.4) is 0 Å². The fourth-order valence-corrected chi connectivity index (χ4v) is 0. The van der Waals surface area contributed by atoms with Crippen molar-refractivity contribution in [3.63, 3.8) is 0 Å². The summed E-state index contributed by atoms with van der Waals surface area (Å²) in [4.78, 5) is 8.00. The fourth-order valence-electron chi connectivity index (χ4n) is 0. The van der Waals surface area contributed by atoms with Gasteiger partial charge in [0.05, 0.1) is 0 Å². The summed E-state index contributed by atoms with van der Waals surface area (Å²) in [5.41, 5.74) is 0. The van der Waals surface area contributed by atoms with Crippen molar-refractivity contribution in [3.8, 4) is 0 Å². The van der Waals surface area contributed by atoms with Crippen molar-refractivity contribution < 1.29 is 4.79 Å². The molecule has 0 unspecified atom stereocenters. The Bertz CT molecular complexity index is 7.51. The molecule has 0 aliphatic rings. The van der Waals surface area contributed by atoms with Gasteiger partial charge in [0.1, 0.15) is 6.79 Å². The van der Waals surface area contributed by atoms with Crippen LogP contribution < -0.4 is 0 Å². The van der Waals surface area contributed by atoms with Crippen LogP contribution in [0.5, 0.6) is 0 Å². The molecule has 0 bridgehead atoms. The molecule has 0 amide bonds. The minimum atomic E-state index is 0. The molecule has 0 aliphatic heterocycles. The molecule has 0 aromatic heterocycles. The molecule has 8 radical (unpaired) electrons. The molecule has 0 fully saturated rings. The molecule has 5 heteroatoms. The molecule has 0 aliphatic carbocycles. The summed E-state index contributed by atoms with van der Waals surface area (Å²) in [6.45, 7) is 2.00. The second-order valence-corrected chi connectivity index (χ2v) is 0. The maximum atomic E-state index is 8.00. The minimum Gasteiger partial charge on any atom is -0.307 e. The maximum Gasteiger partial charge on any atom is 0.106 e. The SMILES string of the molecule is C=O.[Ca].[Ca].[Ca].[Ca]. The van der Waals surface area contributed by atoms with E-state index in [0.717, 1.165) is 0 Å². The predicted molar refractivity (Wildman–Crippen MR) is 30.1 cm³/mol. The number of hydrogen-bond acceptors (Lipinski definition) is 1. The van der Waals surface area contributed by atoms with Crippen molar-refractivity contribution in [1.29, 1.82) is 0 Å². The quantitative estimate of drug-likeness (QED) is 0.416. The van der Waals surface area contributed by atoms with Gasteiger partial charge in [-0.1, -0.05) is 0 Å². The van der Waals surface area contributed by atoms with Gasteiger partial charge in [-0.25, -0.2) is 0 Å². The average molecular weight is 190 g/mol. The summed E-state index contributed by atoms with van der Waals surface area (Å²) < 4.78 is 0. The van der Waals surface area contributed by atoms with Crippen LogP contribution in [-0.4, -0.2) is 158 Å². The van der Waals surface area contributed by atoms with Gasteiger partial charge in [0.25, 0.3) is 0 Å². The van der Waals surface area contributed by atoms with Crippen molar-refractivity contribution >= 4 is 158 Å². The first kappa shape index (κ1) is 31.0. The third-order valence-electron chi connectivity index (χ3n) is 0. The first-order valence-corrected chi connectivity index (χ1v) is 0.289. The molecule has 0 rings (SSSR count). The smallest absolute Gasteiger partial charge is 0.106 e. The first-order valence-electron chi connectivity index (χ1n) is 0.289. The fraction of sp³-hybridized carbons (Fsp3) is 0. The van der Waals surface area contributed by atoms with Gasteiger partial charge in [-0.15, -0.1) is 0 Å². The molecule has 0 saturated heterocycles. The predicted octanol–water partition coefficient (Wildman–Crippen LogP) is -1.71. The number of hydrogen-bond donors (Lipinski definition) is 0. The van der Waals surface area contributed by atoms with Gasteiger partial charge in [-0.2, -0.15) is 0 Å². The van der Waals surface area contributed by atoms with Crippen molar-refractivity contribution in [2.45, 2.75) is 0 Å². The maximum absolute atomic E-state index is 8.00. The van der Waals surface area contributed by atoms with Gasteiger partial charge in [0.15, 0.2) is 0 Å². The molecule has 0 heterocycles. The Hall–Kier alpha value is 4.71. The molecule has 0 N–H and O–H groups in total. The number of carbonyl (C=O) groups excluding carboxylic acids is 1. The van der Waals surface area contributed by atoms with E-state index in [1.165, 1.54) is 0 Å². The van der Waals surface area contributed by atoms with Gasteiger partial charge in [0, 0.05) is 151 Å². The molecule has 0 aromatic rings. The van der Waals surface area contributed by atoms with Crippen LogP contribution in [-0.2, 0) is 4.79 Å². The summed E-state index contributed by atoms with van der Waals surface area (Å²) >= 11 is 0. The van der Waals surface area contributed by atoms with E-state index in [4.69, 9.17) is 4.79 Å². The van der Waals surface area contributed by atoms with Crippen LogP contribution in [0, 0.1) is 0 Å². The standard InChI is InChI=1S/CH2O.4Ca/c1-2;;;;/h1H2;;;;. The second-order valence-electron chi connectivity index (χ2n) is 0. The van der Waals surface area contributed by atoms with Crippen LogP contribution in [0.1, 0.15) is 0 Å². The zero-order valence-electron chi connectivity index (χ0n) is 3.94. The van der Waals surface area contributed by atoms with Crippen LogP contribution in [0.15, 0.2) is 0 Å². The summed E-state index contributed by atoms with van der Waals surface area (Å²) in [5.74, 6) is 0. The van der Waals surface area contributed by atoms with Gasteiger partial charge < -0.3 is 4.79 Å². The third kappa shape index (κ3) is 23.3. The Balaban J connectivity index is -0.000000000833. The molecule has 6 heavy (non-hydrogen) atoms. The normalized spacial score (nSPS) is 0.667. The zero-order chi connectivity index (χ0) is 2.00. The number of carbonyl (C=O) groups is 1. The Morgan fingerprint density at radius 2 is 0.667 bits per heavy atom. The van der Waals surface area contributed by atoms with Gasteiger partial charge in [-0.3, -0.25) is 0 Å². The minimum absolute atomic E-state index is 0. The van der Waals surface area contributed by atoms with Crippen LogP contribution >= 0.6 is 0 Å². The summed E-state index contributed by atoms with van der Waals surface area (Å²) in [6, 6.07) is 0. The van der Waals surface area contributed by atoms with Crippen LogP contribution in [0.4, 0.5) is 0 Å². The molecule has 0 atom stereocenters. The van der Waals surface area contributed by atoms with Crippen LogP contribution in [0.2, 0.25) is 0 Å². The molecular weight excluding hydrogens is 188 g/mol. The molecule has 1 nitrogen and oxygen atoms in total. The third-order valence-corrected chi connectivity index (χ3v) is 0. The first-order chi connectivity index (χ1) is 1.00. The van der Waals surface area contributed by atoms with E-state index >= 15 is 0 Å². The van der Waals surface area contributed by atoms with Crippen molar-refractivity contribution in [1.82, 2.24) is 0 Å². The zero-order valence-corrected chi connectivity index (χ0v) is 12.8. The Kier molecular flexibility index (Phi) is 171. The number of rotatable bonds is 0. The van der Waals surface area contributed by atoms with Gasteiger partial charge in [-0.05, 0) is 0 Å². The van der Waals surface area contributed by atoms with Crippen LogP contribution in [0.25, 0.3) is 0 Å². The molecule has 0 aromatic carbocycles. The summed E-state index contributed by atoms with van der Waals surface area (Å²) in [5, 5.41) is 0. The van der Waals surface area contributed by atoms with E-state index in [1.807, 2.05) is 6.79 Å². The topological polar surface area (TPSA) is 17.1 Å². The second kappa shape index (κ2) is 33.2. The van der Waals surface area contributed by atoms with E-state index in [1.54, 1.807) is 0 Å². The van der Waals surface area contributed by atoms with E-state index in [0.29, 0.717) is 0 Å². The Morgan fingerprint density at radius 3 is 0.667 bits per heavy atom. The van der Waals surface area contributed by atoms with Crippen molar-refractivity contribution in [2.24, 2.45) is 0 Å². The summed E-state index contributed by atoms with van der Waals surface area (Å²) in [6.07, 6.45) is 0. The Morgan fingerprint density at radius 1 is 0.667 bits per heavy atom. The van der Waals surface area contributed by atoms with Crippen molar-refractivity contribution in [3.05, 3.63) is 0 Å². The molecular formula is CH2Ca4O.